The van der Waals surface area contributed by atoms with Gasteiger partial charge in [-0.15, -0.1) is 0 Å². The van der Waals surface area contributed by atoms with Crippen molar-refractivity contribution in [3.8, 4) is 0 Å². The van der Waals surface area contributed by atoms with Gasteiger partial charge in [0.25, 0.3) is 0 Å². The normalized spacial score (nSPS) is 25.9. The van der Waals surface area contributed by atoms with Crippen molar-refractivity contribution in [2.75, 3.05) is 13.1 Å². The Morgan fingerprint density at radius 1 is 1.35 bits per heavy atom. The first kappa shape index (κ1) is 19.1. The van der Waals surface area contributed by atoms with E-state index in [0.717, 1.165) is 6.07 Å². The van der Waals surface area contributed by atoms with Gasteiger partial charge >= 0.3 is 6.18 Å². The Morgan fingerprint density at radius 2 is 1.96 bits per heavy atom. The molecule has 3 atom stereocenters. The van der Waals surface area contributed by atoms with Crippen molar-refractivity contribution in [3.63, 3.8) is 0 Å². The molecule has 1 saturated carbocycles. The number of carbonyl (C=O) groups is 1. The SMILES string of the molecule is CC(C)(CCc1ncccc1C(F)(F)F)N(N)C(=O)[C@H]1[C@@H]2CN(N)C[C@@H]21. The van der Waals surface area contributed by atoms with Gasteiger partial charge in [-0.25, -0.2) is 10.9 Å². The van der Waals surface area contributed by atoms with Gasteiger partial charge in [0.15, 0.2) is 0 Å². The fourth-order valence-electron chi connectivity index (χ4n) is 3.82. The summed E-state index contributed by atoms with van der Waals surface area (Å²) in [4.78, 5) is 16.5. The van der Waals surface area contributed by atoms with Gasteiger partial charge in [-0.3, -0.25) is 20.6 Å². The molecule has 2 fully saturated rings. The van der Waals surface area contributed by atoms with E-state index in [-0.39, 0.29) is 42.2 Å². The molecule has 0 bridgehead atoms. The number of pyridine rings is 1. The number of hydrogen-bond donors (Lipinski definition) is 2. The average molecular weight is 371 g/mol. The summed E-state index contributed by atoms with van der Waals surface area (Å²) >= 11 is 0. The number of hydrazine groups is 2. The van der Waals surface area contributed by atoms with Crippen molar-refractivity contribution < 1.29 is 18.0 Å². The summed E-state index contributed by atoms with van der Waals surface area (Å²) in [5.41, 5.74) is -1.56. The Balaban J connectivity index is 1.63. The highest BCUT2D eigenvalue weighted by Crippen LogP contribution is 2.52. The third-order valence-electron chi connectivity index (χ3n) is 5.57. The number of aryl methyl sites for hydroxylation is 1. The molecule has 0 unspecified atom stereocenters. The van der Waals surface area contributed by atoms with Crippen LogP contribution in [0.25, 0.3) is 0 Å². The van der Waals surface area contributed by atoms with E-state index in [1.54, 1.807) is 18.9 Å². The lowest BCUT2D eigenvalue weighted by Crippen LogP contribution is -2.54. The van der Waals surface area contributed by atoms with Crippen molar-refractivity contribution in [2.45, 2.75) is 38.4 Å². The summed E-state index contributed by atoms with van der Waals surface area (Å²) in [6.07, 6.45) is -2.75. The first-order valence-corrected chi connectivity index (χ1v) is 8.62. The zero-order chi connectivity index (χ0) is 19.3. The molecule has 0 radical (unpaired) electrons. The number of nitrogens with zero attached hydrogens (tertiary/aromatic N) is 3. The number of aromatic nitrogens is 1. The van der Waals surface area contributed by atoms with Gasteiger partial charge < -0.3 is 0 Å². The molecule has 0 aromatic carbocycles. The maximum atomic E-state index is 13.1. The Kier molecular flexibility index (Phi) is 4.74. The van der Waals surface area contributed by atoms with E-state index in [1.807, 2.05) is 0 Å². The highest BCUT2D eigenvalue weighted by molar-refractivity contribution is 5.82. The van der Waals surface area contributed by atoms with Crippen LogP contribution in [0.15, 0.2) is 18.3 Å². The van der Waals surface area contributed by atoms with Crippen molar-refractivity contribution in [2.24, 2.45) is 29.4 Å². The maximum absolute atomic E-state index is 13.1. The quantitative estimate of drug-likeness (QED) is 0.466. The van der Waals surface area contributed by atoms with Crippen LogP contribution >= 0.6 is 0 Å². The van der Waals surface area contributed by atoms with Crippen molar-refractivity contribution in [1.82, 2.24) is 15.0 Å². The Hall–Kier alpha value is -1.71. The molecule has 9 heteroatoms. The Bertz CT molecular complexity index is 681. The zero-order valence-electron chi connectivity index (χ0n) is 14.8. The highest BCUT2D eigenvalue weighted by Gasteiger charge is 2.60. The molecule has 1 aromatic rings. The summed E-state index contributed by atoms with van der Waals surface area (Å²) in [5, 5.41) is 2.89. The van der Waals surface area contributed by atoms with E-state index in [9.17, 15) is 18.0 Å². The number of alkyl halides is 3. The molecule has 1 aliphatic carbocycles. The smallest absolute Gasteiger partial charge is 0.275 e. The van der Waals surface area contributed by atoms with Gasteiger partial charge in [0, 0.05) is 25.2 Å². The standard InChI is InChI=1S/C17H24F3N5O/c1-16(2,6-5-13-12(17(18,19)20)4-3-7-23-13)25(22)15(26)14-10-8-24(21)9-11(10)14/h3-4,7,10-11,14H,5-6,8-9,21-22H2,1-2H3/t10-,11+,14+. The molecule has 1 aliphatic heterocycles. The van der Waals surface area contributed by atoms with E-state index in [1.165, 1.54) is 17.3 Å². The van der Waals surface area contributed by atoms with Crippen LogP contribution in [0.4, 0.5) is 13.2 Å². The predicted octanol–water partition coefficient (Wildman–Crippen LogP) is 1.57. The molecule has 4 N–H and O–H groups in total. The van der Waals surface area contributed by atoms with E-state index in [4.69, 9.17) is 11.7 Å². The van der Waals surface area contributed by atoms with Gasteiger partial charge in [-0.05, 0) is 50.7 Å². The number of fused-ring (bicyclic) bond motifs is 1. The van der Waals surface area contributed by atoms with Crippen molar-refractivity contribution >= 4 is 5.91 Å². The molecule has 2 heterocycles. The third kappa shape index (κ3) is 3.56. The molecule has 144 valence electrons. The van der Waals surface area contributed by atoms with Crippen LogP contribution in [0, 0.1) is 17.8 Å². The minimum atomic E-state index is -4.45. The first-order chi connectivity index (χ1) is 12.0. The summed E-state index contributed by atoms with van der Waals surface area (Å²) in [6, 6.07) is 2.29. The van der Waals surface area contributed by atoms with Crippen LogP contribution in [0.1, 0.15) is 31.5 Å². The molecular formula is C17H24F3N5O. The summed E-state index contributed by atoms with van der Waals surface area (Å²) in [5.74, 6) is 12.0. The number of carbonyl (C=O) groups excluding carboxylic acids is 1. The molecule has 0 spiro atoms. The maximum Gasteiger partial charge on any atom is 0.418 e. The summed E-state index contributed by atoms with van der Waals surface area (Å²) in [6.45, 7) is 4.87. The van der Waals surface area contributed by atoms with Crippen molar-refractivity contribution in [1.29, 1.82) is 0 Å². The molecule has 3 rings (SSSR count). The summed E-state index contributed by atoms with van der Waals surface area (Å²) < 4.78 is 39.3. The van der Waals surface area contributed by atoms with Crippen LogP contribution in [0.5, 0.6) is 0 Å². The van der Waals surface area contributed by atoms with Crippen molar-refractivity contribution in [3.05, 3.63) is 29.6 Å². The predicted molar refractivity (Wildman–Crippen MR) is 88.9 cm³/mol. The lowest BCUT2D eigenvalue weighted by Gasteiger charge is -2.35. The van der Waals surface area contributed by atoms with Crippen LogP contribution < -0.4 is 11.7 Å². The number of amides is 1. The second kappa shape index (κ2) is 6.47. The second-order valence-electron chi connectivity index (χ2n) is 7.82. The number of piperidine rings is 1. The van der Waals surface area contributed by atoms with Crippen LogP contribution in [-0.2, 0) is 17.4 Å². The van der Waals surface area contributed by atoms with Gasteiger partial charge in [-0.1, -0.05) is 0 Å². The van der Waals surface area contributed by atoms with Gasteiger partial charge in [-0.2, -0.15) is 13.2 Å². The topological polar surface area (TPSA) is 88.5 Å². The third-order valence-corrected chi connectivity index (χ3v) is 5.57. The minimum Gasteiger partial charge on any atom is -0.275 e. The molecule has 2 aliphatic rings. The highest BCUT2D eigenvalue weighted by atomic mass is 19.4. The van der Waals surface area contributed by atoms with Crippen LogP contribution in [-0.4, -0.2) is 39.5 Å². The lowest BCUT2D eigenvalue weighted by atomic mass is 9.94. The molecule has 1 amide bonds. The van der Waals surface area contributed by atoms with E-state index in [2.05, 4.69) is 4.98 Å². The fraction of sp³-hybridized carbons (Fsp3) is 0.647. The molecule has 1 saturated heterocycles. The van der Waals surface area contributed by atoms with E-state index < -0.39 is 17.3 Å². The average Bonchev–Trinajstić information content (AvgIpc) is 3.07. The largest absolute Gasteiger partial charge is 0.418 e. The zero-order valence-corrected chi connectivity index (χ0v) is 14.8. The van der Waals surface area contributed by atoms with E-state index in [0.29, 0.717) is 13.1 Å². The van der Waals surface area contributed by atoms with E-state index >= 15 is 0 Å². The van der Waals surface area contributed by atoms with Gasteiger partial charge in [0.2, 0.25) is 5.91 Å². The molecular weight excluding hydrogens is 347 g/mol. The van der Waals surface area contributed by atoms with Gasteiger partial charge in [0.05, 0.1) is 16.8 Å². The lowest BCUT2D eigenvalue weighted by molar-refractivity contribution is -0.141. The minimum absolute atomic E-state index is 0.0315. The molecule has 26 heavy (non-hydrogen) atoms. The molecule has 6 nitrogen and oxygen atoms in total. The molecule has 1 aromatic heterocycles. The van der Waals surface area contributed by atoms with Crippen LogP contribution in [0.2, 0.25) is 0 Å². The number of halogens is 3. The van der Waals surface area contributed by atoms with Crippen LogP contribution in [0.3, 0.4) is 0 Å². The Labute approximate surface area is 150 Å². The first-order valence-electron chi connectivity index (χ1n) is 8.62. The summed E-state index contributed by atoms with van der Waals surface area (Å²) in [7, 11) is 0. The monoisotopic (exact) mass is 371 g/mol. The Morgan fingerprint density at radius 3 is 2.54 bits per heavy atom. The second-order valence-corrected chi connectivity index (χ2v) is 7.82. The number of nitrogens with two attached hydrogens (primary N) is 2. The number of rotatable bonds is 5. The fourth-order valence-corrected chi connectivity index (χ4v) is 3.82. The van der Waals surface area contributed by atoms with Gasteiger partial charge in [0.1, 0.15) is 0 Å². The number of hydrogen-bond acceptors (Lipinski definition) is 5.